The van der Waals surface area contributed by atoms with E-state index in [9.17, 15) is 9.59 Å². The standard InChI is InChI=1S/C23H41N3O3/c1-6-7-8-9-10-11-14-22(27)26(20(2)3)19-23(28)25(16-17-29-5)18-21-13-12-15-24(21)4/h12-13,15,20H,6-11,14,16-19H2,1-5H3. The Bertz CT molecular complexity index is 598. The average molecular weight is 408 g/mol. The molecule has 29 heavy (non-hydrogen) atoms. The Labute approximate surface area is 177 Å². The van der Waals surface area contributed by atoms with Crippen LogP contribution < -0.4 is 0 Å². The van der Waals surface area contributed by atoms with E-state index in [4.69, 9.17) is 4.74 Å². The van der Waals surface area contributed by atoms with Gasteiger partial charge < -0.3 is 19.1 Å². The van der Waals surface area contributed by atoms with Gasteiger partial charge in [0.2, 0.25) is 11.8 Å². The zero-order chi connectivity index (χ0) is 21.6. The van der Waals surface area contributed by atoms with Crippen LogP contribution in [0.2, 0.25) is 0 Å². The monoisotopic (exact) mass is 407 g/mol. The van der Waals surface area contributed by atoms with Gasteiger partial charge in [-0.1, -0.05) is 39.0 Å². The minimum Gasteiger partial charge on any atom is -0.383 e. The van der Waals surface area contributed by atoms with E-state index in [2.05, 4.69) is 6.92 Å². The fourth-order valence-corrected chi connectivity index (χ4v) is 3.35. The van der Waals surface area contributed by atoms with Crippen molar-refractivity contribution in [1.29, 1.82) is 0 Å². The number of ether oxygens (including phenoxy) is 1. The van der Waals surface area contributed by atoms with Crippen molar-refractivity contribution in [2.24, 2.45) is 7.05 Å². The minimum atomic E-state index is -0.0340. The first-order valence-electron chi connectivity index (χ1n) is 11.1. The number of carbonyl (C=O) groups excluding carboxylic acids is 2. The molecule has 0 fully saturated rings. The molecule has 2 amide bonds. The van der Waals surface area contributed by atoms with Gasteiger partial charge in [0.15, 0.2) is 0 Å². The van der Waals surface area contributed by atoms with Gasteiger partial charge in [-0.3, -0.25) is 9.59 Å². The summed E-state index contributed by atoms with van der Waals surface area (Å²) in [4.78, 5) is 29.3. The van der Waals surface area contributed by atoms with Crippen molar-refractivity contribution < 1.29 is 14.3 Å². The van der Waals surface area contributed by atoms with Crippen molar-refractivity contribution in [3.05, 3.63) is 24.0 Å². The van der Waals surface area contributed by atoms with Crippen molar-refractivity contribution in [2.75, 3.05) is 26.8 Å². The van der Waals surface area contributed by atoms with E-state index < -0.39 is 0 Å². The maximum absolute atomic E-state index is 13.0. The zero-order valence-corrected chi connectivity index (χ0v) is 19.2. The maximum Gasteiger partial charge on any atom is 0.242 e. The highest BCUT2D eigenvalue weighted by Crippen LogP contribution is 2.12. The fourth-order valence-electron chi connectivity index (χ4n) is 3.35. The number of amides is 2. The molecule has 0 aliphatic heterocycles. The molecule has 1 aromatic rings. The van der Waals surface area contributed by atoms with E-state index in [1.165, 1.54) is 25.7 Å². The van der Waals surface area contributed by atoms with E-state index >= 15 is 0 Å². The zero-order valence-electron chi connectivity index (χ0n) is 19.2. The van der Waals surface area contributed by atoms with Crippen molar-refractivity contribution >= 4 is 11.8 Å². The molecule has 0 unspecified atom stereocenters. The molecular weight excluding hydrogens is 366 g/mol. The molecule has 166 valence electrons. The lowest BCUT2D eigenvalue weighted by atomic mass is 10.1. The summed E-state index contributed by atoms with van der Waals surface area (Å²) in [5.74, 6) is 0.0441. The van der Waals surface area contributed by atoms with Crippen LogP contribution in [0.15, 0.2) is 18.3 Å². The Morgan fingerprint density at radius 2 is 1.79 bits per heavy atom. The first-order valence-corrected chi connectivity index (χ1v) is 11.1. The predicted octanol–water partition coefficient (Wildman–Crippen LogP) is 3.99. The van der Waals surface area contributed by atoms with Gasteiger partial charge in [-0.15, -0.1) is 0 Å². The number of nitrogens with zero attached hydrogens (tertiary/aromatic N) is 3. The topological polar surface area (TPSA) is 54.8 Å². The first-order chi connectivity index (χ1) is 13.9. The Morgan fingerprint density at radius 1 is 1.10 bits per heavy atom. The van der Waals surface area contributed by atoms with E-state index in [1.807, 2.05) is 43.8 Å². The number of aromatic nitrogens is 1. The summed E-state index contributed by atoms with van der Waals surface area (Å²) in [6.07, 6.45) is 9.39. The number of carbonyl (C=O) groups is 2. The third-order valence-electron chi connectivity index (χ3n) is 5.32. The Morgan fingerprint density at radius 3 is 2.38 bits per heavy atom. The molecule has 0 saturated heterocycles. The Hall–Kier alpha value is -1.82. The quantitative estimate of drug-likeness (QED) is 0.413. The molecule has 0 bridgehead atoms. The lowest BCUT2D eigenvalue weighted by Gasteiger charge is -2.30. The Balaban J connectivity index is 2.63. The molecule has 0 aliphatic carbocycles. The van der Waals surface area contributed by atoms with Crippen LogP contribution in [0.5, 0.6) is 0 Å². The van der Waals surface area contributed by atoms with E-state index in [0.717, 1.165) is 18.5 Å². The van der Waals surface area contributed by atoms with Crippen molar-refractivity contribution in [1.82, 2.24) is 14.4 Å². The summed E-state index contributed by atoms with van der Waals surface area (Å²) < 4.78 is 7.19. The van der Waals surface area contributed by atoms with Crippen LogP contribution in [-0.2, 0) is 27.9 Å². The summed E-state index contributed by atoms with van der Waals surface area (Å²) in [7, 11) is 3.61. The average Bonchev–Trinajstić information content (AvgIpc) is 3.09. The van der Waals surface area contributed by atoms with Gasteiger partial charge >= 0.3 is 0 Å². The third kappa shape index (κ3) is 9.48. The normalized spacial score (nSPS) is 11.1. The summed E-state index contributed by atoms with van der Waals surface area (Å²) in [5, 5.41) is 0. The smallest absolute Gasteiger partial charge is 0.242 e. The van der Waals surface area contributed by atoms with Gasteiger partial charge in [-0.05, 0) is 32.4 Å². The van der Waals surface area contributed by atoms with Gasteiger partial charge in [0.1, 0.15) is 0 Å². The summed E-state index contributed by atoms with van der Waals surface area (Å²) >= 11 is 0. The molecule has 1 heterocycles. The molecule has 1 rings (SSSR count). The van der Waals surface area contributed by atoms with Gasteiger partial charge in [0.25, 0.3) is 0 Å². The van der Waals surface area contributed by atoms with Crippen LogP contribution in [0.1, 0.15) is 71.4 Å². The van der Waals surface area contributed by atoms with E-state index in [1.54, 1.807) is 16.9 Å². The van der Waals surface area contributed by atoms with Crippen LogP contribution in [0.4, 0.5) is 0 Å². The number of rotatable bonds is 15. The molecule has 0 aromatic carbocycles. The second-order valence-corrected chi connectivity index (χ2v) is 8.05. The SMILES string of the molecule is CCCCCCCCC(=O)N(CC(=O)N(CCOC)Cc1cccn1C)C(C)C. The highest BCUT2D eigenvalue weighted by atomic mass is 16.5. The van der Waals surface area contributed by atoms with E-state index in [-0.39, 0.29) is 24.4 Å². The lowest BCUT2D eigenvalue weighted by Crippen LogP contribution is -2.46. The fraction of sp³-hybridized carbons (Fsp3) is 0.739. The second-order valence-electron chi connectivity index (χ2n) is 8.05. The van der Waals surface area contributed by atoms with Gasteiger partial charge in [0.05, 0.1) is 19.7 Å². The van der Waals surface area contributed by atoms with Crippen LogP contribution in [0, 0.1) is 0 Å². The first kappa shape index (κ1) is 25.2. The van der Waals surface area contributed by atoms with Crippen LogP contribution in [0.25, 0.3) is 0 Å². The molecule has 0 N–H and O–H groups in total. The van der Waals surface area contributed by atoms with Crippen molar-refractivity contribution in [2.45, 2.75) is 78.3 Å². The van der Waals surface area contributed by atoms with E-state index in [0.29, 0.717) is 26.1 Å². The molecule has 6 heteroatoms. The highest BCUT2D eigenvalue weighted by Gasteiger charge is 2.23. The molecule has 0 radical (unpaired) electrons. The van der Waals surface area contributed by atoms with Crippen LogP contribution >= 0.6 is 0 Å². The lowest BCUT2D eigenvalue weighted by molar-refractivity contribution is -0.142. The molecule has 6 nitrogen and oxygen atoms in total. The van der Waals surface area contributed by atoms with Gasteiger partial charge in [0, 0.05) is 45.1 Å². The summed E-state index contributed by atoms with van der Waals surface area (Å²) in [5.41, 5.74) is 1.06. The van der Waals surface area contributed by atoms with Crippen LogP contribution in [-0.4, -0.2) is 59.0 Å². The molecular formula is C23H41N3O3. The number of aryl methyl sites for hydroxylation is 1. The number of methoxy groups -OCH3 is 1. The van der Waals surface area contributed by atoms with Gasteiger partial charge in [-0.2, -0.15) is 0 Å². The molecule has 0 saturated carbocycles. The Kier molecular flexibility index (Phi) is 12.4. The molecule has 0 aliphatic rings. The maximum atomic E-state index is 13.0. The highest BCUT2D eigenvalue weighted by molar-refractivity contribution is 5.85. The largest absolute Gasteiger partial charge is 0.383 e. The predicted molar refractivity (Wildman–Crippen MR) is 118 cm³/mol. The number of unbranched alkanes of at least 4 members (excludes halogenated alkanes) is 5. The summed E-state index contributed by atoms with van der Waals surface area (Å²) in [6.45, 7) is 7.78. The number of hydrogen-bond donors (Lipinski definition) is 0. The molecule has 1 aromatic heterocycles. The van der Waals surface area contributed by atoms with Crippen molar-refractivity contribution in [3.8, 4) is 0 Å². The third-order valence-corrected chi connectivity index (χ3v) is 5.32. The number of hydrogen-bond acceptors (Lipinski definition) is 3. The van der Waals surface area contributed by atoms with Crippen molar-refractivity contribution in [3.63, 3.8) is 0 Å². The van der Waals surface area contributed by atoms with Gasteiger partial charge in [-0.25, -0.2) is 0 Å². The molecule has 0 spiro atoms. The second kappa shape index (κ2) is 14.2. The minimum absolute atomic E-state index is 0.00542. The summed E-state index contributed by atoms with van der Waals surface area (Å²) in [6, 6.07) is 3.99. The van der Waals surface area contributed by atoms with Crippen LogP contribution in [0.3, 0.4) is 0 Å². The molecule has 0 atom stereocenters.